The molecule has 0 aromatic heterocycles. The summed E-state index contributed by atoms with van der Waals surface area (Å²) in [7, 11) is 0. The van der Waals surface area contributed by atoms with Gasteiger partial charge in [-0.05, 0) is 37.1 Å². The number of nitrogens with one attached hydrogen (secondary N) is 1. The van der Waals surface area contributed by atoms with E-state index in [-0.39, 0.29) is 11.1 Å². The zero-order chi connectivity index (χ0) is 16.3. The van der Waals surface area contributed by atoms with Crippen molar-refractivity contribution in [2.75, 3.05) is 5.32 Å². The van der Waals surface area contributed by atoms with E-state index in [9.17, 15) is 19.3 Å². The highest BCUT2D eigenvalue weighted by atomic mass is 19.1. The second-order valence-corrected chi connectivity index (χ2v) is 4.87. The van der Waals surface area contributed by atoms with E-state index >= 15 is 0 Å². The van der Waals surface area contributed by atoms with Gasteiger partial charge in [-0.3, -0.25) is 14.9 Å². The lowest BCUT2D eigenvalue weighted by Crippen LogP contribution is -2.13. The van der Waals surface area contributed by atoms with Crippen molar-refractivity contribution >= 4 is 17.3 Å². The fourth-order valence-electron chi connectivity index (χ4n) is 2.06. The minimum absolute atomic E-state index is 0.0864. The molecule has 0 fully saturated rings. The SMILES string of the molecule is CCc1cccc(NC(=O)c2cc(F)c(C)c([N+](=O)[O-])c2)c1. The molecule has 0 aliphatic carbocycles. The molecule has 22 heavy (non-hydrogen) atoms. The molecule has 2 aromatic carbocycles. The van der Waals surface area contributed by atoms with E-state index in [0.29, 0.717) is 5.69 Å². The number of rotatable bonds is 4. The standard InChI is InChI=1S/C16H15FN2O3/c1-3-11-5-4-6-13(7-11)18-16(20)12-8-14(17)10(2)15(9-12)19(21)22/h4-9H,3H2,1-2H3,(H,18,20). The molecule has 2 aromatic rings. The van der Waals surface area contributed by atoms with Crippen molar-refractivity contribution in [2.24, 2.45) is 0 Å². The van der Waals surface area contributed by atoms with Crippen LogP contribution in [0.5, 0.6) is 0 Å². The Morgan fingerprint density at radius 2 is 2.05 bits per heavy atom. The van der Waals surface area contributed by atoms with Crippen LogP contribution in [-0.4, -0.2) is 10.8 Å². The van der Waals surface area contributed by atoms with E-state index in [1.54, 1.807) is 18.2 Å². The van der Waals surface area contributed by atoms with Crippen LogP contribution in [0.3, 0.4) is 0 Å². The molecule has 2 rings (SSSR count). The Morgan fingerprint density at radius 3 is 2.68 bits per heavy atom. The molecule has 0 radical (unpaired) electrons. The van der Waals surface area contributed by atoms with Gasteiger partial charge in [0.05, 0.1) is 10.5 Å². The van der Waals surface area contributed by atoms with Crippen LogP contribution in [0.2, 0.25) is 0 Å². The molecule has 0 heterocycles. The number of hydrogen-bond donors (Lipinski definition) is 1. The number of halogens is 1. The largest absolute Gasteiger partial charge is 0.322 e. The molecule has 0 unspecified atom stereocenters. The Hall–Kier alpha value is -2.76. The summed E-state index contributed by atoms with van der Waals surface area (Å²) in [6, 6.07) is 9.31. The molecule has 0 aliphatic rings. The van der Waals surface area contributed by atoms with Crippen LogP contribution in [-0.2, 0) is 6.42 Å². The second kappa shape index (κ2) is 6.34. The first kappa shape index (κ1) is 15.6. The molecular weight excluding hydrogens is 287 g/mol. The molecule has 5 nitrogen and oxygen atoms in total. The maximum atomic E-state index is 13.7. The van der Waals surface area contributed by atoms with Crippen LogP contribution in [0, 0.1) is 22.9 Å². The molecule has 1 N–H and O–H groups in total. The number of amides is 1. The van der Waals surface area contributed by atoms with E-state index in [4.69, 9.17) is 0 Å². The summed E-state index contributed by atoms with van der Waals surface area (Å²) in [5.41, 5.74) is 1.02. The second-order valence-electron chi connectivity index (χ2n) is 4.87. The molecule has 0 saturated carbocycles. The van der Waals surface area contributed by atoms with Crippen molar-refractivity contribution in [3.8, 4) is 0 Å². The average molecular weight is 302 g/mol. The Labute approximate surface area is 126 Å². The van der Waals surface area contributed by atoms with Gasteiger partial charge in [0.25, 0.3) is 11.6 Å². The van der Waals surface area contributed by atoms with Crippen molar-refractivity contribution in [3.05, 3.63) is 69.0 Å². The molecule has 0 spiro atoms. The fourth-order valence-corrected chi connectivity index (χ4v) is 2.06. The first-order chi connectivity index (χ1) is 10.4. The Morgan fingerprint density at radius 1 is 1.32 bits per heavy atom. The molecular formula is C16H15FN2O3. The highest BCUT2D eigenvalue weighted by molar-refractivity contribution is 6.04. The first-order valence-electron chi connectivity index (χ1n) is 6.77. The number of anilines is 1. The summed E-state index contributed by atoms with van der Waals surface area (Å²) < 4.78 is 13.7. The Balaban J connectivity index is 2.31. The van der Waals surface area contributed by atoms with Crippen molar-refractivity contribution in [2.45, 2.75) is 20.3 Å². The third-order valence-corrected chi connectivity index (χ3v) is 3.37. The van der Waals surface area contributed by atoms with Crippen LogP contribution in [0.25, 0.3) is 0 Å². The Kier molecular flexibility index (Phi) is 4.50. The molecule has 0 atom stereocenters. The van der Waals surface area contributed by atoms with Crippen molar-refractivity contribution in [3.63, 3.8) is 0 Å². The maximum absolute atomic E-state index is 13.7. The van der Waals surface area contributed by atoms with E-state index < -0.39 is 22.3 Å². The quantitative estimate of drug-likeness (QED) is 0.688. The summed E-state index contributed by atoms with van der Waals surface area (Å²) in [6.07, 6.45) is 0.814. The predicted molar refractivity (Wildman–Crippen MR) is 81.6 cm³/mol. The molecule has 0 bridgehead atoms. The summed E-state index contributed by atoms with van der Waals surface area (Å²) in [5.74, 6) is -1.36. The van der Waals surface area contributed by atoms with Crippen molar-refractivity contribution in [1.29, 1.82) is 0 Å². The predicted octanol–water partition coefficient (Wildman–Crippen LogP) is 3.86. The van der Waals surface area contributed by atoms with E-state index in [1.807, 2.05) is 13.0 Å². The zero-order valence-electron chi connectivity index (χ0n) is 12.2. The average Bonchev–Trinajstić information content (AvgIpc) is 2.49. The molecule has 1 amide bonds. The zero-order valence-corrected chi connectivity index (χ0v) is 12.2. The van der Waals surface area contributed by atoms with E-state index in [1.165, 1.54) is 6.92 Å². The maximum Gasteiger partial charge on any atom is 0.276 e. The van der Waals surface area contributed by atoms with Gasteiger partial charge in [-0.2, -0.15) is 0 Å². The monoisotopic (exact) mass is 302 g/mol. The van der Waals surface area contributed by atoms with Gasteiger partial charge in [0, 0.05) is 17.3 Å². The summed E-state index contributed by atoms with van der Waals surface area (Å²) in [5, 5.41) is 13.5. The van der Waals surface area contributed by atoms with Gasteiger partial charge in [0.1, 0.15) is 5.82 Å². The molecule has 0 aliphatic heterocycles. The summed E-state index contributed by atoms with van der Waals surface area (Å²) in [6.45, 7) is 3.29. The normalized spacial score (nSPS) is 10.3. The van der Waals surface area contributed by atoms with Crippen LogP contribution in [0.1, 0.15) is 28.4 Å². The van der Waals surface area contributed by atoms with E-state index in [0.717, 1.165) is 24.1 Å². The number of nitrogens with zero attached hydrogens (tertiary/aromatic N) is 1. The van der Waals surface area contributed by atoms with Crippen molar-refractivity contribution < 1.29 is 14.1 Å². The van der Waals surface area contributed by atoms with Gasteiger partial charge in [0.15, 0.2) is 0 Å². The lowest BCUT2D eigenvalue weighted by Gasteiger charge is -2.08. The van der Waals surface area contributed by atoms with Gasteiger partial charge >= 0.3 is 0 Å². The number of nitro benzene ring substituents is 1. The highest BCUT2D eigenvalue weighted by Gasteiger charge is 2.19. The number of nitro groups is 1. The van der Waals surface area contributed by atoms with Gasteiger partial charge in [0.2, 0.25) is 0 Å². The number of carbonyl (C=O) groups excluding carboxylic acids is 1. The smallest absolute Gasteiger partial charge is 0.276 e. The minimum Gasteiger partial charge on any atom is -0.322 e. The lowest BCUT2D eigenvalue weighted by atomic mass is 10.1. The number of benzene rings is 2. The van der Waals surface area contributed by atoms with Crippen LogP contribution < -0.4 is 5.32 Å². The number of carbonyl (C=O) groups is 1. The highest BCUT2D eigenvalue weighted by Crippen LogP contribution is 2.23. The molecule has 0 saturated heterocycles. The minimum atomic E-state index is -0.776. The summed E-state index contributed by atoms with van der Waals surface area (Å²) in [4.78, 5) is 22.3. The van der Waals surface area contributed by atoms with Crippen LogP contribution >= 0.6 is 0 Å². The molecule has 6 heteroatoms. The van der Waals surface area contributed by atoms with Crippen LogP contribution in [0.4, 0.5) is 15.8 Å². The fraction of sp³-hybridized carbons (Fsp3) is 0.188. The van der Waals surface area contributed by atoms with Gasteiger partial charge in [-0.15, -0.1) is 0 Å². The topological polar surface area (TPSA) is 72.2 Å². The molecule has 114 valence electrons. The lowest BCUT2D eigenvalue weighted by molar-refractivity contribution is -0.385. The van der Waals surface area contributed by atoms with Gasteiger partial charge < -0.3 is 5.32 Å². The third kappa shape index (κ3) is 3.28. The number of aryl methyl sites for hydroxylation is 1. The third-order valence-electron chi connectivity index (χ3n) is 3.37. The van der Waals surface area contributed by atoms with Crippen LogP contribution in [0.15, 0.2) is 36.4 Å². The van der Waals surface area contributed by atoms with Gasteiger partial charge in [-0.25, -0.2) is 4.39 Å². The van der Waals surface area contributed by atoms with E-state index in [2.05, 4.69) is 5.32 Å². The Bertz CT molecular complexity index is 744. The first-order valence-corrected chi connectivity index (χ1v) is 6.77. The number of hydrogen-bond acceptors (Lipinski definition) is 3. The summed E-state index contributed by atoms with van der Waals surface area (Å²) >= 11 is 0. The van der Waals surface area contributed by atoms with Gasteiger partial charge in [-0.1, -0.05) is 19.1 Å². The van der Waals surface area contributed by atoms with Crippen molar-refractivity contribution in [1.82, 2.24) is 0 Å².